The van der Waals surface area contributed by atoms with Crippen LogP contribution < -0.4 is 5.56 Å². The van der Waals surface area contributed by atoms with Crippen molar-refractivity contribution in [3.63, 3.8) is 0 Å². The van der Waals surface area contributed by atoms with Crippen LogP contribution in [0.25, 0.3) is 15.9 Å². The summed E-state index contributed by atoms with van der Waals surface area (Å²) in [5.41, 5.74) is 2.79. The third-order valence-corrected chi connectivity index (χ3v) is 7.35. The number of hydrogen-bond acceptors (Lipinski definition) is 4. The molecule has 5 rings (SSSR count). The van der Waals surface area contributed by atoms with Crippen LogP contribution in [0.1, 0.15) is 48.6 Å². The first-order chi connectivity index (χ1) is 13.2. The van der Waals surface area contributed by atoms with Crippen LogP contribution in [0.5, 0.6) is 0 Å². The molecule has 0 bridgehead atoms. The second-order valence-electron chi connectivity index (χ2n) is 7.99. The molecule has 5 heteroatoms. The zero-order chi connectivity index (χ0) is 18.4. The first-order valence-electron chi connectivity index (χ1n) is 10.0. The van der Waals surface area contributed by atoms with E-state index >= 15 is 0 Å². The minimum atomic E-state index is 0.0463. The van der Waals surface area contributed by atoms with Crippen molar-refractivity contribution in [1.29, 1.82) is 0 Å². The Morgan fingerprint density at radius 2 is 1.93 bits per heavy atom. The Kier molecular flexibility index (Phi) is 4.37. The highest BCUT2D eigenvalue weighted by molar-refractivity contribution is 7.18. The lowest BCUT2D eigenvalue weighted by atomic mass is 9.79. The van der Waals surface area contributed by atoms with E-state index < -0.39 is 0 Å². The standard InChI is InChI=1S/C22H25N3OS/c1-15-6-5-11-25(22(15)26)17-7-8-19-20(14-17)27-21(23-19)16-12-18(13-16)24-9-3-2-4-10-24/h5-8,11,14,16,18H,2-4,9-10,12-13H2,1H3. The van der Waals surface area contributed by atoms with E-state index in [1.807, 2.05) is 31.3 Å². The number of piperidine rings is 1. The molecule has 2 aliphatic rings. The highest BCUT2D eigenvalue weighted by atomic mass is 32.1. The summed E-state index contributed by atoms with van der Waals surface area (Å²) in [6, 6.07) is 10.7. The molecule has 1 aliphatic heterocycles. The lowest BCUT2D eigenvalue weighted by Crippen LogP contribution is -2.46. The lowest BCUT2D eigenvalue weighted by molar-refractivity contribution is 0.0888. The molecule has 0 unspecified atom stereocenters. The number of hydrogen-bond donors (Lipinski definition) is 0. The van der Waals surface area contributed by atoms with Crippen molar-refractivity contribution in [3.05, 3.63) is 57.5 Å². The maximum Gasteiger partial charge on any atom is 0.257 e. The second-order valence-corrected chi connectivity index (χ2v) is 9.05. The minimum absolute atomic E-state index is 0.0463. The van der Waals surface area contributed by atoms with Crippen LogP contribution in [0.15, 0.2) is 41.3 Å². The van der Waals surface area contributed by atoms with Gasteiger partial charge < -0.3 is 4.90 Å². The lowest BCUT2D eigenvalue weighted by Gasteiger charge is -2.43. The molecule has 3 aromatic rings. The van der Waals surface area contributed by atoms with Gasteiger partial charge in [-0.25, -0.2) is 4.98 Å². The van der Waals surface area contributed by atoms with Crippen LogP contribution >= 0.6 is 11.3 Å². The van der Waals surface area contributed by atoms with Crippen molar-refractivity contribution in [2.24, 2.45) is 0 Å². The SMILES string of the molecule is Cc1cccn(-c2ccc3nc(C4CC(N5CCCCC5)C4)sc3c2)c1=O. The summed E-state index contributed by atoms with van der Waals surface area (Å²) < 4.78 is 2.90. The third kappa shape index (κ3) is 3.13. The van der Waals surface area contributed by atoms with Gasteiger partial charge in [0.05, 0.1) is 20.9 Å². The number of aryl methyl sites for hydroxylation is 1. The molecule has 0 radical (unpaired) electrons. The summed E-state index contributed by atoms with van der Waals surface area (Å²) in [5, 5.41) is 1.27. The van der Waals surface area contributed by atoms with E-state index in [4.69, 9.17) is 4.98 Å². The van der Waals surface area contributed by atoms with Crippen molar-refractivity contribution in [3.8, 4) is 5.69 Å². The fraction of sp³-hybridized carbons (Fsp3) is 0.455. The average molecular weight is 380 g/mol. The molecule has 1 aliphatic carbocycles. The Labute approximate surface area is 163 Å². The summed E-state index contributed by atoms with van der Waals surface area (Å²) in [4.78, 5) is 20.0. The van der Waals surface area contributed by atoms with E-state index in [-0.39, 0.29) is 5.56 Å². The molecule has 4 nitrogen and oxygen atoms in total. The topological polar surface area (TPSA) is 38.1 Å². The summed E-state index contributed by atoms with van der Waals surface area (Å²) in [6.45, 7) is 4.43. The van der Waals surface area contributed by atoms with E-state index in [2.05, 4.69) is 17.0 Å². The van der Waals surface area contributed by atoms with Gasteiger partial charge in [0.1, 0.15) is 0 Å². The molecule has 0 atom stereocenters. The van der Waals surface area contributed by atoms with Gasteiger partial charge in [0.25, 0.3) is 5.56 Å². The molecule has 2 fully saturated rings. The largest absolute Gasteiger partial charge is 0.300 e. The first-order valence-corrected chi connectivity index (χ1v) is 10.8. The summed E-state index contributed by atoms with van der Waals surface area (Å²) in [6.07, 6.45) is 8.48. The number of pyridine rings is 1. The van der Waals surface area contributed by atoms with E-state index in [1.54, 1.807) is 15.9 Å². The average Bonchev–Trinajstić information content (AvgIpc) is 3.06. The molecule has 140 valence electrons. The molecule has 2 aromatic heterocycles. The second kappa shape index (κ2) is 6.88. The van der Waals surface area contributed by atoms with Gasteiger partial charge in [-0.2, -0.15) is 0 Å². The molecule has 0 spiro atoms. The molecule has 3 heterocycles. The Hall–Kier alpha value is -1.98. The predicted molar refractivity (Wildman–Crippen MR) is 111 cm³/mol. The molecular weight excluding hydrogens is 354 g/mol. The molecule has 0 amide bonds. The Morgan fingerprint density at radius 3 is 2.74 bits per heavy atom. The van der Waals surface area contributed by atoms with Crippen LogP contribution in [-0.2, 0) is 0 Å². The van der Waals surface area contributed by atoms with Crippen molar-refractivity contribution in [1.82, 2.24) is 14.5 Å². The molecule has 1 aromatic carbocycles. The molecule has 27 heavy (non-hydrogen) atoms. The van der Waals surface area contributed by atoms with E-state index in [9.17, 15) is 4.79 Å². The van der Waals surface area contributed by atoms with Crippen LogP contribution in [0.4, 0.5) is 0 Å². The van der Waals surface area contributed by atoms with E-state index in [1.165, 1.54) is 54.9 Å². The van der Waals surface area contributed by atoms with Gasteiger partial charge in [0.2, 0.25) is 0 Å². The van der Waals surface area contributed by atoms with Crippen molar-refractivity contribution >= 4 is 21.6 Å². The van der Waals surface area contributed by atoms with Crippen molar-refractivity contribution < 1.29 is 0 Å². The fourth-order valence-corrected chi connectivity index (χ4v) is 5.56. The molecule has 1 saturated carbocycles. The maximum atomic E-state index is 12.4. The zero-order valence-electron chi connectivity index (χ0n) is 15.7. The van der Waals surface area contributed by atoms with E-state index in [0.29, 0.717) is 5.92 Å². The normalized spacial score (nSPS) is 23.4. The van der Waals surface area contributed by atoms with Gasteiger partial charge in [-0.3, -0.25) is 9.36 Å². The molecule has 1 saturated heterocycles. The minimum Gasteiger partial charge on any atom is -0.300 e. The van der Waals surface area contributed by atoms with Gasteiger partial charge >= 0.3 is 0 Å². The number of aromatic nitrogens is 2. The molecular formula is C22H25N3OS. The maximum absolute atomic E-state index is 12.4. The van der Waals surface area contributed by atoms with Crippen LogP contribution in [0, 0.1) is 6.92 Å². The highest BCUT2D eigenvalue weighted by Crippen LogP contribution is 2.43. The predicted octanol–water partition coefficient (Wildman–Crippen LogP) is 4.49. The number of thiazole rings is 1. The number of likely N-dealkylation sites (tertiary alicyclic amines) is 1. The van der Waals surface area contributed by atoms with Gasteiger partial charge in [-0.05, 0) is 70.0 Å². The number of nitrogens with zero attached hydrogens (tertiary/aromatic N) is 3. The van der Waals surface area contributed by atoms with Crippen molar-refractivity contribution in [2.75, 3.05) is 13.1 Å². The van der Waals surface area contributed by atoms with Crippen LogP contribution in [0.2, 0.25) is 0 Å². The Morgan fingerprint density at radius 1 is 1.11 bits per heavy atom. The van der Waals surface area contributed by atoms with Crippen LogP contribution in [0.3, 0.4) is 0 Å². The smallest absolute Gasteiger partial charge is 0.257 e. The van der Waals surface area contributed by atoms with Gasteiger partial charge in [-0.1, -0.05) is 12.5 Å². The zero-order valence-corrected chi connectivity index (χ0v) is 16.5. The first kappa shape index (κ1) is 17.1. The summed E-state index contributed by atoms with van der Waals surface area (Å²) in [7, 11) is 0. The quantitative estimate of drug-likeness (QED) is 0.673. The Bertz CT molecular complexity index is 1030. The fourth-order valence-electron chi connectivity index (χ4n) is 4.43. The van der Waals surface area contributed by atoms with Gasteiger partial charge in [-0.15, -0.1) is 11.3 Å². The Balaban J connectivity index is 1.37. The number of benzene rings is 1. The molecule has 0 N–H and O–H groups in total. The van der Waals surface area contributed by atoms with Crippen LogP contribution in [-0.4, -0.2) is 33.6 Å². The monoisotopic (exact) mass is 379 g/mol. The van der Waals surface area contributed by atoms with Gasteiger partial charge in [0, 0.05) is 23.7 Å². The number of fused-ring (bicyclic) bond motifs is 1. The summed E-state index contributed by atoms with van der Waals surface area (Å²) >= 11 is 1.80. The number of rotatable bonds is 3. The highest BCUT2D eigenvalue weighted by Gasteiger charge is 2.36. The van der Waals surface area contributed by atoms with E-state index in [0.717, 1.165) is 22.8 Å². The summed E-state index contributed by atoms with van der Waals surface area (Å²) in [5.74, 6) is 0.611. The third-order valence-electron chi connectivity index (χ3n) is 6.17. The van der Waals surface area contributed by atoms with Gasteiger partial charge in [0.15, 0.2) is 0 Å². The van der Waals surface area contributed by atoms with Crippen molar-refractivity contribution in [2.45, 2.75) is 51.0 Å².